The molecule has 0 spiro atoms. The Labute approximate surface area is 127 Å². The van der Waals surface area contributed by atoms with Crippen LogP contribution in [0.3, 0.4) is 0 Å². The van der Waals surface area contributed by atoms with Crippen molar-refractivity contribution in [3.63, 3.8) is 0 Å². The van der Waals surface area contributed by atoms with E-state index in [0.717, 1.165) is 12.8 Å². The first-order valence-electron chi connectivity index (χ1n) is 6.66. The molecule has 2 atom stereocenters. The Morgan fingerprint density at radius 1 is 1.40 bits per heavy atom. The summed E-state index contributed by atoms with van der Waals surface area (Å²) in [5, 5.41) is 2.57. The van der Waals surface area contributed by atoms with Crippen LogP contribution in [0.4, 0.5) is 5.69 Å². The normalized spacial score (nSPS) is 14.1. The first kappa shape index (κ1) is 17.0. The average Bonchev–Trinajstić information content (AvgIpc) is 2.42. The second kappa shape index (κ2) is 7.64. The van der Waals surface area contributed by atoms with Gasteiger partial charge in [-0.1, -0.05) is 25.4 Å². The zero-order chi connectivity index (χ0) is 15.3. The van der Waals surface area contributed by atoms with Gasteiger partial charge in [0.15, 0.2) is 0 Å². The highest BCUT2D eigenvalue weighted by Gasteiger charge is 2.24. The number of hydrogen-bond acceptors (Lipinski definition) is 3. The van der Waals surface area contributed by atoms with E-state index in [2.05, 4.69) is 5.32 Å². The molecule has 0 aromatic heterocycles. The summed E-state index contributed by atoms with van der Waals surface area (Å²) < 4.78 is 12.4. The number of carbonyl (C=O) groups is 1. The molecule has 0 saturated heterocycles. The molecule has 0 saturated carbocycles. The van der Waals surface area contributed by atoms with Crippen LogP contribution in [0, 0.1) is 0 Å². The highest BCUT2D eigenvalue weighted by molar-refractivity contribution is 7.86. The molecular weight excluding hydrogens is 296 g/mol. The fraction of sp³-hybridized carbons (Fsp3) is 0.500. The van der Waals surface area contributed by atoms with E-state index >= 15 is 0 Å². The molecule has 20 heavy (non-hydrogen) atoms. The molecule has 0 radical (unpaired) electrons. The summed E-state index contributed by atoms with van der Waals surface area (Å²) in [7, 11) is -1.50. The Balaban J connectivity index is 2.83. The molecule has 112 valence electrons. The zero-order valence-corrected chi connectivity index (χ0v) is 13.6. The highest BCUT2D eigenvalue weighted by Crippen LogP contribution is 2.24. The van der Waals surface area contributed by atoms with Gasteiger partial charge < -0.3 is 11.1 Å². The van der Waals surface area contributed by atoms with E-state index in [4.69, 9.17) is 17.3 Å². The van der Waals surface area contributed by atoms with E-state index in [0.29, 0.717) is 15.6 Å². The van der Waals surface area contributed by atoms with Crippen molar-refractivity contribution in [1.29, 1.82) is 0 Å². The lowest BCUT2D eigenvalue weighted by molar-refractivity contribution is -0.121. The van der Waals surface area contributed by atoms with Gasteiger partial charge in [-0.25, -0.2) is 0 Å². The minimum absolute atomic E-state index is 0.115. The van der Waals surface area contributed by atoms with Crippen molar-refractivity contribution < 1.29 is 9.00 Å². The summed E-state index contributed by atoms with van der Waals surface area (Å²) in [5.41, 5.74) is 6.11. The van der Waals surface area contributed by atoms with Crippen LogP contribution in [0.2, 0.25) is 5.02 Å². The van der Waals surface area contributed by atoms with Crippen molar-refractivity contribution in [3.05, 3.63) is 23.2 Å². The molecular formula is C14H21ClN2O2S. The van der Waals surface area contributed by atoms with Gasteiger partial charge in [-0.15, -0.1) is 0 Å². The summed E-state index contributed by atoms with van der Waals surface area (Å²) in [4.78, 5) is 12.5. The number of nitrogens with one attached hydrogen (secondary N) is 1. The van der Waals surface area contributed by atoms with Gasteiger partial charge in [0.1, 0.15) is 5.25 Å². The number of halogens is 1. The summed E-state index contributed by atoms with van der Waals surface area (Å²) in [6.45, 7) is 5.65. The van der Waals surface area contributed by atoms with Gasteiger partial charge in [0.2, 0.25) is 5.91 Å². The molecule has 0 aliphatic carbocycles. The Bertz CT molecular complexity index is 504. The topological polar surface area (TPSA) is 72.2 Å². The lowest BCUT2D eigenvalue weighted by Gasteiger charge is -2.18. The van der Waals surface area contributed by atoms with E-state index in [9.17, 15) is 9.00 Å². The van der Waals surface area contributed by atoms with E-state index in [-0.39, 0.29) is 11.9 Å². The molecule has 1 aromatic rings. The van der Waals surface area contributed by atoms with E-state index in [1.165, 1.54) is 0 Å². The molecule has 1 rings (SSSR count). The molecule has 1 amide bonds. The first-order valence-corrected chi connectivity index (χ1v) is 8.25. The summed E-state index contributed by atoms with van der Waals surface area (Å²) >= 11 is 6.03. The van der Waals surface area contributed by atoms with Gasteiger partial charge >= 0.3 is 0 Å². The molecule has 4 nitrogen and oxygen atoms in total. The number of rotatable bonds is 6. The second-order valence-corrected chi connectivity index (χ2v) is 6.80. The number of nitrogen functional groups attached to an aromatic ring is 1. The van der Waals surface area contributed by atoms with Crippen molar-refractivity contribution in [2.45, 2.75) is 49.8 Å². The number of benzene rings is 1. The standard InChI is InChI=1S/C14H21ClN2O2S/c1-4-11(5-2)17-14(18)9(3)20(19)13-7-6-10(16)8-12(13)15/h6-9,11H,4-5,16H2,1-3H3,(H,17,18). The number of amides is 1. The molecule has 6 heteroatoms. The third-order valence-electron chi connectivity index (χ3n) is 3.20. The summed E-state index contributed by atoms with van der Waals surface area (Å²) in [6, 6.07) is 4.89. The number of nitrogens with two attached hydrogens (primary N) is 1. The molecule has 3 N–H and O–H groups in total. The van der Waals surface area contributed by atoms with Crippen LogP contribution in [-0.2, 0) is 15.6 Å². The monoisotopic (exact) mass is 316 g/mol. The lowest BCUT2D eigenvalue weighted by Crippen LogP contribution is -2.41. The fourth-order valence-corrected chi connectivity index (χ4v) is 3.29. The van der Waals surface area contributed by atoms with Crippen LogP contribution in [0.1, 0.15) is 33.6 Å². The van der Waals surface area contributed by atoms with Crippen molar-refractivity contribution in [1.82, 2.24) is 5.32 Å². The third kappa shape index (κ3) is 4.21. The number of anilines is 1. The summed E-state index contributed by atoms with van der Waals surface area (Å²) in [6.07, 6.45) is 1.70. The maximum Gasteiger partial charge on any atom is 0.236 e. The van der Waals surface area contributed by atoms with Gasteiger partial charge in [0, 0.05) is 11.7 Å². The molecule has 0 aliphatic rings. The van der Waals surface area contributed by atoms with Crippen LogP contribution >= 0.6 is 11.6 Å². The average molecular weight is 317 g/mol. The highest BCUT2D eigenvalue weighted by atomic mass is 35.5. The van der Waals surface area contributed by atoms with Gasteiger partial charge in [0.25, 0.3) is 0 Å². The van der Waals surface area contributed by atoms with Crippen LogP contribution in [0.15, 0.2) is 23.1 Å². The molecule has 0 bridgehead atoms. The van der Waals surface area contributed by atoms with Crippen molar-refractivity contribution >= 4 is 34.0 Å². The molecule has 0 fully saturated rings. The predicted molar refractivity (Wildman–Crippen MR) is 84.2 cm³/mol. The number of hydrogen-bond donors (Lipinski definition) is 2. The van der Waals surface area contributed by atoms with Crippen LogP contribution < -0.4 is 11.1 Å². The Morgan fingerprint density at radius 2 is 2.00 bits per heavy atom. The van der Waals surface area contributed by atoms with Crippen LogP contribution in [0.5, 0.6) is 0 Å². The second-order valence-electron chi connectivity index (χ2n) is 4.65. The zero-order valence-electron chi connectivity index (χ0n) is 12.0. The maximum atomic E-state index is 12.4. The lowest BCUT2D eigenvalue weighted by atomic mass is 10.2. The van der Waals surface area contributed by atoms with Crippen LogP contribution in [0.25, 0.3) is 0 Å². The third-order valence-corrected chi connectivity index (χ3v) is 5.27. The van der Waals surface area contributed by atoms with Crippen LogP contribution in [-0.4, -0.2) is 21.4 Å². The van der Waals surface area contributed by atoms with Crippen molar-refractivity contribution in [2.24, 2.45) is 0 Å². The smallest absolute Gasteiger partial charge is 0.236 e. The van der Waals surface area contributed by atoms with Gasteiger partial charge in [-0.2, -0.15) is 0 Å². The van der Waals surface area contributed by atoms with E-state index in [1.807, 2.05) is 13.8 Å². The predicted octanol–water partition coefficient (Wildman–Crippen LogP) is 2.72. The minimum atomic E-state index is -1.50. The van der Waals surface area contributed by atoms with Crippen molar-refractivity contribution in [3.8, 4) is 0 Å². The Hall–Kier alpha value is -1.07. The van der Waals surface area contributed by atoms with E-state index in [1.54, 1.807) is 25.1 Å². The molecule has 0 heterocycles. The Kier molecular flexibility index (Phi) is 6.49. The molecule has 1 aromatic carbocycles. The minimum Gasteiger partial charge on any atom is -0.399 e. The first-order chi connectivity index (χ1) is 9.40. The van der Waals surface area contributed by atoms with Gasteiger partial charge in [-0.05, 0) is 38.0 Å². The largest absolute Gasteiger partial charge is 0.399 e. The Morgan fingerprint density at radius 3 is 2.50 bits per heavy atom. The van der Waals surface area contributed by atoms with Crippen molar-refractivity contribution in [2.75, 3.05) is 5.73 Å². The number of carbonyl (C=O) groups excluding carboxylic acids is 1. The van der Waals surface area contributed by atoms with Gasteiger partial charge in [-0.3, -0.25) is 9.00 Å². The SMILES string of the molecule is CCC(CC)NC(=O)C(C)S(=O)c1ccc(N)cc1Cl. The fourth-order valence-electron chi connectivity index (χ4n) is 1.78. The quantitative estimate of drug-likeness (QED) is 0.793. The molecule has 2 unspecified atom stereocenters. The van der Waals surface area contributed by atoms with E-state index < -0.39 is 16.0 Å². The summed E-state index contributed by atoms with van der Waals surface area (Å²) in [5.74, 6) is -0.218. The van der Waals surface area contributed by atoms with Gasteiger partial charge in [0.05, 0.1) is 20.7 Å². The molecule has 0 aliphatic heterocycles. The maximum absolute atomic E-state index is 12.4.